The highest BCUT2D eigenvalue weighted by Crippen LogP contribution is 2.19. The van der Waals surface area contributed by atoms with Crippen LogP contribution in [0.5, 0.6) is 0 Å². The Morgan fingerprint density at radius 2 is 2.17 bits per heavy atom. The van der Waals surface area contributed by atoms with Gasteiger partial charge in [0.15, 0.2) is 5.60 Å². The van der Waals surface area contributed by atoms with Crippen molar-refractivity contribution in [2.45, 2.75) is 12.0 Å². The first-order valence-corrected chi connectivity index (χ1v) is 3.59. The second-order valence-electron chi connectivity index (χ2n) is 2.62. The van der Waals surface area contributed by atoms with Crippen molar-refractivity contribution >= 4 is 18.4 Å². The van der Waals surface area contributed by atoms with Crippen LogP contribution >= 0.6 is 12.4 Å². The Balaban J connectivity index is 0.00000121. The zero-order valence-corrected chi connectivity index (χ0v) is 8.07. The predicted octanol–water partition coefficient (Wildman–Crippen LogP) is -0.0403. The van der Waals surface area contributed by atoms with Gasteiger partial charge in [0.05, 0.1) is 7.11 Å². The van der Waals surface area contributed by atoms with Crippen molar-refractivity contribution in [3.8, 4) is 0 Å². The molecule has 0 bridgehead atoms. The molecule has 12 heavy (non-hydrogen) atoms. The topological polar surface area (TPSA) is 47.6 Å². The van der Waals surface area contributed by atoms with Crippen LogP contribution in [-0.2, 0) is 14.3 Å². The van der Waals surface area contributed by atoms with Crippen LogP contribution in [0.2, 0.25) is 0 Å². The van der Waals surface area contributed by atoms with Gasteiger partial charge in [-0.3, -0.25) is 0 Å². The highest BCUT2D eigenvalue weighted by atomic mass is 35.5. The third-order valence-corrected chi connectivity index (χ3v) is 2.06. The van der Waals surface area contributed by atoms with Crippen molar-refractivity contribution in [1.82, 2.24) is 5.32 Å². The zero-order valence-electron chi connectivity index (χ0n) is 7.25. The normalized spacial score (nSPS) is 27.8. The molecule has 72 valence electrons. The summed E-state index contributed by atoms with van der Waals surface area (Å²) in [5.74, 6) is -0.287. The van der Waals surface area contributed by atoms with E-state index in [0.717, 1.165) is 6.54 Å². The minimum atomic E-state index is -0.727. The van der Waals surface area contributed by atoms with Crippen molar-refractivity contribution in [1.29, 1.82) is 0 Å². The predicted molar refractivity (Wildman–Crippen MR) is 46.5 cm³/mol. The lowest BCUT2D eigenvalue weighted by Gasteiger charge is -2.22. The number of rotatable bonds is 2. The van der Waals surface area contributed by atoms with Gasteiger partial charge in [0.2, 0.25) is 0 Å². The summed E-state index contributed by atoms with van der Waals surface area (Å²) in [6, 6.07) is 0. The zero-order chi connectivity index (χ0) is 8.32. The molecule has 1 heterocycles. The van der Waals surface area contributed by atoms with E-state index in [4.69, 9.17) is 4.74 Å². The van der Waals surface area contributed by atoms with Crippen molar-refractivity contribution in [2.75, 3.05) is 27.3 Å². The molecule has 1 fully saturated rings. The molecule has 0 aromatic rings. The second kappa shape index (κ2) is 4.64. The van der Waals surface area contributed by atoms with E-state index in [1.807, 2.05) is 0 Å². The molecule has 0 saturated carbocycles. The van der Waals surface area contributed by atoms with E-state index in [0.29, 0.717) is 13.0 Å². The van der Waals surface area contributed by atoms with Crippen LogP contribution in [0.3, 0.4) is 0 Å². The van der Waals surface area contributed by atoms with Gasteiger partial charge in [0, 0.05) is 20.1 Å². The van der Waals surface area contributed by atoms with Gasteiger partial charge in [-0.1, -0.05) is 0 Å². The van der Waals surface area contributed by atoms with Crippen molar-refractivity contribution in [3.05, 3.63) is 0 Å². The lowest BCUT2D eigenvalue weighted by atomic mass is 10.0. The highest BCUT2D eigenvalue weighted by Gasteiger charge is 2.42. The fourth-order valence-corrected chi connectivity index (χ4v) is 1.29. The van der Waals surface area contributed by atoms with Crippen LogP contribution in [0.15, 0.2) is 0 Å². The number of ether oxygens (including phenoxy) is 2. The molecule has 0 spiro atoms. The molecule has 1 aliphatic heterocycles. The van der Waals surface area contributed by atoms with Gasteiger partial charge in [0.1, 0.15) is 0 Å². The summed E-state index contributed by atoms with van der Waals surface area (Å²) in [6.07, 6.45) is 0.691. The van der Waals surface area contributed by atoms with E-state index in [-0.39, 0.29) is 18.4 Å². The summed E-state index contributed by atoms with van der Waals surface area (Å²) in [5, 5.41) is 3.05. The molecule has 0 amide bonds. The average molecular weight is 196 g/mol. The molecule has 0 aromatic heterocycles. The third-order valence-electron chi connectivity index (χ3n) is 2.06. The monoisotopic (exact) mass is 195 g/mol. The van der Waals surface area contributed by atoms with E-state index in [2.05, 4.69) is 10.1 Å². The maximum atomic E-state index is 11.2. The fraction of sp³-hybridized carbons (Fsp3) is 0.857. The molecule has 1 atom stereocenters. The molecule has 1 N–H and O–H groups in total. The number of halogens is 1. The van der Waals surface area contributed by atoms with Gasteiger partial charge >= 0.3 is 5.97 Å². The van der Waals surface area contributed by atoms with Gasteiger partial charge in [-0.15, -0.1) is 12.4 Å². The van der Waals surface area contributed by atoms with Crippen LogP contribution in [-0.4, -0.2) is 38.9 Å². The van der Waals surface area contributed by atoms with Crippen molar-refractivity contribution in [2.24, 2.45) is 0 Å². The second-order valence-corrected chi connectivity index (χ2v) is 2.62. The van der Waals surface area contributed by atoms with Crippen LogP contribution in [0.25, 0.3) is 0 Å². The largest absolute Gasteiger partial charge is 0.467 e. The Kier molecular flexibility index (Phi) is 4.52. The summed E-state index contributed by atoms with van der Waals surface area (Å²) in [5.41, 5.74) is -0.727. The van der Waals surface area contributed by atoms with E-state index in [1.54, 1.807) is 0 Å². The summed E-state index contributed by atoms with van der Waals surface area (Å²) >= 11 is 0. The smallest absolute Gasteiger partial charge is 0.339 e. The maximum absolute atomic E-state index is 11.2. The molecule has 1 unspecified atom stereocenters. The molecular formula is C7H14ClNO3. The summed E-state index contributed by atoms with van der Waals surface area (Å²) < 4.78 is 9.74. The Morgan fingerprint density at radius 1 is 1.50 bits per heavy atom. The number of carbonyl (C=O) groups excluding carboxylic acids is 1. The first kappa shape index (κ1) is 11.7. The van der Waals surface area contributed by atoms with Crippen LogP contribution in [0.4, 0.5) is 0 Å². The minimum Gasteiger partial charge on any atom is -0.467 e. The summed E-state index contributed by atoms with van der Waals surface area (Å²) in [7, 11) is 2.91. The number of methoxy groups -OCH3 is 2. The van der Waals surface area contributed by atoms with Gasteiger partial charge in [-0.25, -0.2) is 4.79 Å². The maximum Gasteiger partial charge on any atom is 0.339 e. The molecule has 5 heteroatoms. The molecular weight excluding hydrogens is 182 g/mol. The summed E-state index contributed by atoms with van der Waals surface area (Å²) in [4.78, 5) is 11.2. The van der Waals surface area contributed by atoms with Gasteiger partial charge in [-0.05, 0) is 6.54 Å². The molecule has 0 radical (unpaired) electrons. The third kappa shape index (κ3) is 1.88. The van der Waals surface area contributed by atoms with Crippen LogP contribution < -0.4 is 5.32 Å². The molecule has 0 aromatic carbocycles. The van der Waals surface area contributed by atoms with Crippen molar-refractivity contribution < 1.29 is 14.3 Å². The number of esters is 1. The number of nitrogens with one attached hydrogen (secondary N) is 1. The SMILES string of the molecule is COC(=O)C1(OC)CCNC1.Cl. The van der Waals surface area contributed by atoms with E-state index in [1.165, 1.54) is 14.2 Å². The molecule has 1 rings (SSSR count). The quantitative estimate of drug-likeness (QED) is 0.629. The first-order valence-electron chi connectivity index (χ1n) is 3.59. The number of hydrogen-bond donors (Lipinski definition) is 1. The van der Waals surface area contributed by atoms with Gasteiger partial charge < -0.3 is 14.8 Å². The summed E-state index contributed by atoms with van der Waals surface area (Å²) in [6.45, 7) is 1.36. The van der Waals surface area contributed by atoms with Crippen LogP contribution in [0, 0.1) is 0 Å². The minimum absolute atomic E-state index is 0. The van der Waals surface area contributed by atoms with Gasteiger partial charge in [0.25, 0.3) is 0 Å². The lowest BCUT2D eigenvalue weighted by molar-refractivity contribution is -0.163. The highest BCUT2D eigenvalue weighted by molar-refractivity contribution is 5.85. The van der Waals surface area contributed by atoms with Crippen LogP contribution in [0.1, 0.15) is 6.42 Å². The fourth-order valence-electron chi connectivity index (χ4n) is 1.29. The Bertz CT molecular complexity index is 157. The van der Waals surface area contributed by atoms with Crippen molar-refractivity contribution in [3.63, 3.8) is 0 Å². The van der Waals surface area contributed by atoms with E-state index >= 15 is 0 Å². The Morgan fingerprint density at radius 3 is 2.50 bits per heavy atom. The lowest BCUT2D eigenvalue weighted by Crippen LogP contribution is -2.43. The molecule has 1 saturated heterocycles. The average Bonchev–Trinajstić information content (AvgIpc) is 2.52. The Labute approximate surface area is 78.0 Å². The molecule has 4 nitrogen and oxygen atoms in total. The van der Waals surface area contributed by atoms with Gasteiger partial charge in [-0.2, -0.15) is 0 Å². The number of hydrogen-bond acceptors (Lipinski definition) is 4. The molecule has 1 aliphatic rings. The molecule has 0 aliphatic carbocycles. The first-order chi connectivity index (χ1) is 5.25. The number of carbonyl (C=O) groups is 1. The Hall–Kier alpha value is -0.320. The van der Waals surface area contributed by atoms with E-state index < -0.39 is 5.60 Å². The standard InChI is InChI=1S/C7H13NO3.ClH/c1-10-6(9)7(11-2)3-4-8-5-7;/h8H,3-5H2,1-2H3;1H. The van der Waals surface area contributed by atoms with E-state index in [9.17, 15) is 4.79 Å².